The van der Waals surface area contributed by atoms with Gasteiger partial charge in [0.25, 0.3) is 5.56 Å². The molecule has 4 nitrogen and oxygen atoms in total. The second-order valence-electron chi connectivity index (χ2n) is 5.92. The van der Waals surface area contributed by atoms with Gasteiger partial charge in [-0.1, -0.05) is 24.3 Å². The van der Waals surface area contributed by atoms with E-state index >= 15 is 0 Å². The molecule has 1 N–H and O–H groups in total. The Kier molecular flexibility index (Phi) is 3.50. The van der Waals surface area contributed by atoms with Gasteiger partial charge >= 0.3 is 0 Å². The highest BCUT2D eigenvalue weighted by Crippen LogP contribution is 2.15. The van der Waals surface area contributed by atoms with Crippen molar-refractivity contribution in [3.05, 3.63) is 94.3 Å². The van der Waals surface area contributed by atoms with E-state index in [1.165, 1.54) is 0 Å². The van der Waals surface area contributed by atoms with Crippen molar-refractivity contribution < 1.29 is 0 Å². The van der Waals surface area contributed by atoms with Crippen molar-refractivity contribution in [2.45, 2.75) is 13.3 Å². The summed E-state index contributed by atoms with van der Waals surface area (Å²) in [5.41, 5.74) is 3.85. The maximum atomic E-state index is 12.3. The van der Waals surface area contributed by atoms with E-state index in [9.17, 15) is 4.79 Å². The van der Waals surface area contributed by atoms with Crippen LogP contribution < -0.4 is 5.56 Å². The predicted molar refractivity (Wildman–Crippen MR) is 95.7 cm³/mol. The molecule has 0 radical (unpaired) electrons. The highest BCUT2D eigenvalue weighted by atomic mass is 16.1. The summed E-state index contributed by atoms with van der Waals surface area (Å²) in [5.74, 6) is 0.687. The number of nitrogens with one attached hydrogen (secondary N) is 1. The van der Waals surface area contributed by atoms with Crippen molar-refractivity contribution >= 4 is 10.9 Å². The second kappa shape index (κ2) is 5.81. The van der Waals surface area contributed by atoms with E-state index in [1.54, 1.807) is 0 Å². The van der Waals surface area contributed by atoms with E-state index in [2.05, 4.69) is 38.8 Å². The number of fused-ring (bicyclic) bond motifs is 1. The summed E-state index contributed by atoms with van der Waals surface area (Å²) < 4.78 is 2.06. The Bertz CT molecular complexity index is 1040. The maximum absolute atomic E-state index is 12.3. The van der Waals surface area contributed by atoms with E-state index in [0.29, 0.717) is 17.6 Å². The summed E-state index contributed by atoms with van der Waals surface area (Å²) in [6, 6.07) is 18.0. The molecule has 118 valence electrons. The first-order valence-corrected chi connectivity index (χ1v) is 7.91. The predicted octanol–water partition coefficient (Wildman–Crippen LogP) is 3.61. The number of hydrogen-bond acceptors (Lipinski definition) is 2. The van der Waals surface area contributed by atoms with Crippen LogP contribution in [0.15, 0.2) is 71.8 Å². The van der Waals surface area contributed by atoms with E-state index in [4.69, 9.17) is 0 Å². The van der Waals surface area contributed by atoms with Gasteiger partial charge in [-0.15, -0.1) is 0 Å². The highest BCUT2D eigenvalue weighted by Gasteiger charge is 2.07. The normalized spacial score (nSPS) is 11.0. The average molecular weight is 315 g/mol. The number of benzene rings is 2. The maximum Gasteiger partial charge on any atom is 0.259 e. The average Bonchev–Trinajstić information content (AvgIpc) is 3.10. The van der Waals surface area contributed by atoms with Crippen LogP contribution in [0.4, 0.5) is 0 Å². The van der Waals surface area contributed by atoms with Gasteiger partial charge < -0.3 is 9.55 Å². The highest BCUT2D eigenvalue weighted by molar-refractivity contribution is 5.80. The molecule has 0 fully saturated rings. The van der Waals surface area contributed by atoms with Crippen LogP contribution in [0.3, 0.4) is 0 Å². The van der Waals surface area contributed by atoms with Gasteiger partial charge in [-0.3, -0.25) is 4.79 Å². The largest absolute Gasteiger partial charge is 0.324 e. The van der Waals surface area contributed by atoms with Crippen LogP contribution >= 0.6 is 0 Å². The molecule has 0 saturated carbocycles. The van der Waals surface area contributed by atoms with Crippen LogP contribution in [0.25, 0.3) is 16.6 Å². The summed E-state index contributed by atoms with van der Waals surface area (Å²) in [6.45, 7) is 1.93. The third-order valence-electron chi connectivity index (χ3n) is 4.20. The monoisotopic (exact) mass is 315 g/mol. The van der Waals surface area contributed by atoms with Crippen LogP contribution in [0.2, 0.25) is 0 Å². The van der Waals surface area contributed by atoms with E-state index < -0.39 is 0 Å². The molecule has 4 rings (SSSR count). The molecule has 0 atom stereocenters. The molecular weight excluding hydrogens is 298 g/mol. The van der Waals surface area contributed by atoms with Crippen molar-refractivity contribution in [3.63, 3.8) is 0 Å². The summed E-state index contributed by atoms with van der Waals surface area (Å²) >= 11 is 0. The standard InChI is InChI=1S/C20H17N3O/c1-14-5-4-6-17-19(14)20(24)22-18(21-17)13-15-7-9-16(10-8-15)23-11-2-3-12-23/h2-12H,13H2,1H3,(H,21,22,24). The summed E-state index contributed by atoms with van der Waals surface area (Å²) in [5, 5.41) is 0.671. The molecule has 0 bridgehead atoms. The van der Waals surface area contributed by atoms with Gasteiger partial charge in [-0.05, 0) is 48.4 Å². The number of aromatic amines is 1. The Morgan fingerprint density at radius 1 is 1.00 bits per heavy atom. The molecule has 0 aliphatic heterocycles. The lowest BCUT2D eigenvalue weighted by Crippen LogP contribution is -2.13. The molecule has 2 heterocycles. The SMILES string of the molecule is Cc1cccc2nc(Cc3ccc(-n4cccc4)cc3)[nH]c(=O)c12. The minimum Gasteiger partial charge on any atom is -0.324 e. The molecule has 4 aromatic rings. The van der Waals surface area contributed by atoms with E-state index in [1.807, 2.05) is 49.6 Å². The summed E-state index contributed by atoms with van der Waals surface area (Å²) in [7, 11) is 0. The number of aryl methyl sites for hydroxylation is 1. The Morgan fingerprint density at radius 2 is 1.75 bits per heavy atom. The molecular formula is C20H17N3O. The first-order valence-electron chi connectivity index (χ1n) is 7.91. The van der Waals surface area contributed by atoms with Crippen LogP contribution in [0, 0.1) is 6.92 Å². The van der Waals surface area contributed by atoms with E-state index in [-0.39, 0.29) is 5.56 Å². The van der Waals surface area contributed by atoms with Crippen molar-refractivity contribution in [3.8, 4) is 5.69 Å². The van der Waals surface area contributed by atoms with Gasteiger partial charge in [0.05, 0.1) is 10.9 Å². The van der Waals surface area contributed by atoms with Gasteiger partial charge in [0.15, 0.2) is 0 Å². The fraction of sp³-hybridized carbons (Fsp3) is 0.100. The molecule has 0 aliphatic rings. The zero-order valence-corrected chi connectivity index (χ0v) is 13.4. The third kappa shape index (κ3) is 2.63. The van der Waals surface area contributed by atoms with Gasteiger partial charge in [0, 0.05) is 24.5 Å². The topological polar surface area (TPSA) is 50.7 Å². The molecule has 2 aromatic carbocycles. The molecule has 0 unspecified atom stereocenters. The van der Waals surface area contributed by atoms with Crippen LogP contribution in [0.1, 0.15) is 17.0 Å². The van der Waals surface area contributed by atoms with E-state index in [0.717, 1.165) is 22.3 Å². The molecule has 0 aliphatic carbocycles. The van der Waals surface area contributed by atoms with Crippen molar-refractivity contribution in [2.75, 3.05) is 0 Å². The molecule has 2 aromatic heterocycles. The number of aromatic nitrogens is 3. The summed E-state index contributed by atoms with van der Waals surface area (Å²) in [4.78, 5) is 19.8. The number of hydrogen-bond donors (Lipinski definition) is 1. The lowest BCUT2D eigenvalue weighted by atomic mass is 10.1. The third-order valence-corrected chi connectivity index (χ3v) is 4.20. The lowest BCUT2D eigenvalue weighted by Gasteiger charge is -2.07. The summed E-state index contributed by atoms with van der Waals surface area (Å²) in [6.07, 6.45) is 4.63. The van der Waals surface area contributed by atoms with Gasteiger partial charge in [-0.25, -0.2) is 4.98 Å². The lowest BCUT2D eigenvalue weighted by molar-refractivity contribution is 0.969. The molecule has 24 heavy (non-hydrogen) atoms. The van der Waals surface area contributed by atoms with Crippen molar-refractivity contribution in [1.82, 2.24) is 14.5 Å². The molecule has 4 heteroatoms. The quantitative estimate of drug-likeness (QED) is 0.628. The van der Waals surface area contributed by atoms with Gasteiger partial charge in [0.2, 0.25) is 0 Å². The first-order chi connectivity index (χ1) is 11.7. The Morgan fingerprint density at radius 3 is 2.50 bits per heavy atom. The first kappa shape index (κ1) is 14.5. The Balaban J connectivity index is 1.66. The minimum absolute atomic E-state index is 0.0722. The Hall–Kier alpha value is -3.14. The second-order valence-corrected chi connectivity index (χ2v) is 5.92. The number of rotatable bonds is 3. The fourth-order valence-corrected chi connectivity index (χ4v) is 2.98. The fourth-order valence-electron chi connectivity index (χ4n) is 2.98. The van der Waals surface area contributed by atoms with Crippen LogP contribution in [-0.2, 0) is 6.42 Å². The molecule has 0 spiro atoms. The van der Waals surface area contributed by atoms with Crippen molar-refractivity contribution in [1.29, 1.82) is 0 Å². The smallest absolute Gasteiger partial charge is 0.259 e. The minimum atomic E-state index is -0.0722. The molecule has 0 saturated heterocycles. The zero-order chi connectivity index (χ0) is 16.5. The number of nitrogens with zero attached hydrogens (tertiary/aromatic N) is 2. The van der Waals surface area contributed by atoms with Crippen LogP contribution in [0.5, 0.6) is 0 Å². The number of H-pyrrole nitrogens is 1. The van der Waals surface area contributed by atoms with Gasteiger partial charge in [0.1, 0.15) is 5.82 Å². The van der Waals surface area contributed by atoms with Crippen molar-refractivity contribution in [2.24, 2.45) is 0 Å². The molecule has 0 amide bonds. The zero-order valence-electron chi connectivity index (χ0n) is 13.4. The van der Waals surface area contributed by atoms with Crippen LogP contribution in [-0.4, -0.2) is 14.5 Å². The Labute approximate surface area is 139 Å². The van der Waals surface area contributed by atoms with Gasteiger partial charge in [-0.2, -0.15) is 0 Å².